The zero-order valence-corrected chi connectivity index (χ0v) is 55.6. The summed E-state index contributed by atoms with van der Waals surface area (Å²) in [6, 6.07) is 31.0. The summed E-state index contributed by atoms with van der Waals surface area (Å²) in [5, 5.41) is 25.0. The third kappa shape index (κ3) is 16.5. The van der Waals surface area contributed by atoms with Crippen LogP contribution in [0.1, 0.15) is 131 Å². The van der Waals surface area contributed by atoms with E-state index in [0.29, 0.717) is 96.7 Å². The molecule has 12 rings (SSSR count). The minimum atomic E-state index is -0.640. The molecular weight excluding hydrogens is 1270 g/mol. The summed E-state index contributed by atoms with van der Waals surface area (Å²) in [5.41, 5.74) is 12.3. The van der Waals surface area contributed by atoms with Gasteiger partial charge in [0.25, 0.3) is 23.6 Å². The molecule has 0 unspecified atom stereocenters. The van der Waals surface area contributed by atoms with Crippen molar-refractivity contribution >= 4 is 81.2 Å². The number of nitrogens with zero attached hydrogens (tertiary/aromatic N) is 9. The van der Waals surface area contributed by atoms with Crippen molar-refractivity contribution in [2.24, 2.45) is 5.73 Å². The quantitative estimate of drug-likeness (QED) is 0.0531. The van der Waals surface area contributed by atoms with Gasteiger partial charge in [-0.25, -0.2) is 28.3 Å². The highest BCUT2D eigenvalue weighted by Crippen LogP contribution is 2.36. The predicted octanol–water partition coefficient (Wildman–Crippen LogP) is 12.1. The SMILES string of the molecule is CC(C)(C)OC(=O)N[C@@H]1CCCN(c2c(F)cccc2NC(=O)c2csc(-c3cnn(Cc4ccccc4CN)c3)n2)C1.CC(C)(C)OC(=O)N[C@@H]1CCCN(c2c(F)cccc2NC(=O)c2csc(-c3cnn(Cc4ccccc4CN4C(=O)c5ccccc5C4=O)c3)n2)C1. The number of aromatic nitrogens is 6. The first-order valence-electron chi connectivity index (χ1n) is 31.5. The second-order valence-electron chi connectivity index (χ2n) is 25.5. The van der Waals surface area contributed by atoms with Crippen molar-refractivity contribution in [2.75, 3.05) is 46.6 Å². The Morgan fingerprint density at radius 1 is 0.562 bits per heavy atom. The summed E-state index contributed by atoms with van der Waals surface area (Å²) in [4.78, 5) is 91.4. The number of nitrogens with two attached hydrogens (primary N) is 1. The van der Waals surface area contributed by atoms with E-state index in [-0.39, 0.29) is 53.2 Å². The number of amides is 6. The van der Waals surface area contributed by atoms with Gasteiger partial charge in [0.15, 0.2) is 0 Å². The van der Waals surface area contributed by atoms with E-state index < -0.39 is 46.8 Å². The average molecular weight is 1340 g/mol. The second kappa shape index (κ2) is 29.2. The van der Waals surface area contributed by atoms with Gasteiger partial charge in [-0.1, -0.05) is 72.8 Å². The van der Waals surface area contributed by atoms with Crippen molar-refractivity contribution in [2.45, 2.75) is 117 Å². The summed E-state index contributed by atoms with van der Waals surface area (Å²) in [6.07, 6.45) is 8.96. The summed E-state index contributed by atoms with van der Waals surface area (Å²) in [7, 11) is 0. The number of hydrogen-bond acceptors (Lipinski definition) is 17. The number of thiazole rings is 2. The molecule has 26 heteroatoms. The highest BCUT2D eigenvalue weighted by molar-refractivity contribution is 7.13. The predicted molar refractivity (Wildman–Crippen MR) is 364 cm³/mol. The zero-order chi connectivity index (χ0) is 67.8. The van der Waals surface area contributed by atoms with Gasteiger partial charge in [-0.15, -0.1) is 22.7 Å². The van der Waals surface area contributed by atoms with Gasteiger partial charge in [0, 0.05) is 79.1 Å². The molecule has 6 amide bonds. The third-order valence-corrected chi connectivity index (χ3v) is 17.7. The van der Waals surface area contributed by atoms with Gasteiger partial charge < -0.3 is 46.3 Å². The summed E-state index contributed by atoms with van der Waals surface area (Å²) >= 11 is 2.61. The van der Waals surface area contributed by atoms with Crippen LogP contribution in [0, 0.1) is 11.6 Å². The molecule has 3 aliphatic heterocycles. The number of para-hydroxylation sites is 2. The van der Waals surface area contributed by atoms with E-state index in [9.17, 15) is 28.8 Å². The molecule has 2 saturated heterocycles. The standard InChI is InChI=1S/C39H38FN7O5S.C31H36FN7O3S/c1-39(2,3)52-38(51)42-27-12-9-17-45(22-27)33-30(40)15-8-16-31(33)43-34(48)32-23-53-35(44-32)26-18-41-46(20-26)19-24-10-4-5-11-25(24)21-47-36(49)28-13-6-7-14-29(28)37(47)50;1-31(2,3)42-30(41)35-23-10-7-13-38(18-23)27-24(32)11-6-12-25(27)36-28(40)26-19-43-29(37-26)22-15-34-39(17-22)16-21-9-5-4-8-20(21)14-33/h4-8,10-11,13-16,18,20,23,27H,9,12,17,19,21-22H2,1-3H3,(H,42,51)(H,43,48);4-6,8-9,11-12,15,17,19,23H,7,10,13-14,16,18,33H2,1-3H3,(H,35,41)(H,36,40)/t27-;23-/m11/s1. The number of ether oxygens (including phenoxy) is 2. The van der Waals surface area contributed by atoms with Crippen LogP contribution >= 0.6 is 22.7 Å². The Hall–Kier alpha value is -10.2. The van der Waals surface area contributed by atoms with Gasteiger partial charge in [0.2, 0.25) is 0 Å². The molecule has 0 saturated carbocycles. The Balaban J connectivity index is 0.000000200. The molecule has 96 heavy (non-hydrogen) atoms. The molecule has 0 spiro atoms. The smallest absolute Gasteiger partial charge is 0.407 e. The van der Waals surface area contributed by atoms with E-state index in [4.69, 9.17) is 15.2 Å². The Morgan fingerprint density at radius 3 is 1.40 bits per heavy atom. The van der Waals surface area contributed by atoms with E-state index in [0.717, 1.165) is 40.7 Å². The normalized spacial score (nSPS) is 15.5. The van der Waals surface area contributed by atoms with Gasteiger partial charge in [0.1, 0.15) is 44.2 Å². The molecule has 0 radical (unpaired) electrons. The van der Waals surface area contributed by atoms with Crippen molar-refractivity contribution in [3.8, 4) is 21.1 Å². The maximum Gasteiger partial charge on any atom is 0.407 e. The summed E-state index contributed by atoms with van der Waals surface area (Å²) in [6.45, 7) is 14.2. The first kappa shape index (κ1) is 67.2. The lowest BCUT2D eigenvalue weighted by Gasteiger charge is -2.36. The van der Waals surface area contributed by atoms with Crippen LogP contribution in [0.4, 0.5) is 41.1 Å². The van der Waals surface area contributed by atoms with Crippen molar-refractivity contribution in [1.82, 2.24) is 45.1 Å². The zero-order valence-electron chi connectivity index (χ0n) is 53.9. The molecule has 3 aliphatic rings. The van der Waals surface area contributed by atoms with Crippen LogP contribution in [0.25, 0.3) is 21.1 Å². The lowest BCUT2D eigenvalue weighted by molar-refractivity contribution is 0.0488. The topological polar surface area (TPSA) is 266 Å². The molecule has 22 nitrogen and oxygen atoms in total. The molecule has 0 bridgehead atoms. The van der Waals surface area contributed by atoms with Crippen molar-refractivity contribution in [1.29, 1.82) is 0 Å². The molecule has 9 aromatic rings. The van der Waals surface area contributed by atoms with Crippen LogP contribution in [0.2, 0.25) is 0 Å². The monoisotopic (exact) mass is 1340 g/mol. The fraction of sp³-hybridized carbons (Fsp3) is 0.314. The molecule has 2 fully saturated rings. The molecule has 5 aromatic carbocycles. The van der Waals surface area contributed by atoms with Gasteiger partial charge in [-0.05, 0) is 126 Å². The lowest BCUT2D eigenvalue weighted by Crippen LogP contribution is -2.49. The van der Waals surface area contributed by atoms with Crippen molar-refractivity contribution < 1.29 is 47.0 Å². The lowest BCUT2D eigenvalue weighted by atomic mass is 10.0. The molecular formula is C70H74F2N14O8S2. The Morgan fingerprint density at radius 2 is 0.969 bits per heavy atom. The third-order valence-electron chi connectivity index (χ3n) is 15.9. The van der Waals surface area contributed by atoms with Gasteiger partial charge in [-0.3, -0.25) is 33.4 Å². The van der Waals surface area contributed by atoms with Crippen LogP contribution in [-0.2, 0) is 35.7 Å². The number of halogens is 2. The van der Waals surface area contributed by atoms with Crippen LogP contribution in [0.3, 0.4) is 0 Å². The first-order chi connectivity index (χ1) is 46.0. The Bertz CT molecular complexity index is 4310. The molecule has 4 aromatic heterocycles. The van der Waals surface area contributed by atoms with Gasteiger partial charge in [0.05, 0.1) is 65.9 Å². The van der Waals surface area contributed by atoms with Crippen molar-refractivity contribution in [3.63, 3.8) is 0 Å². The average Bonchev–Trinajstić information content (AvgIpc) is 1.54. The summed E-state index contributed by atoms with van der Waals surface area (Å²) < 4.78 is 44.9. The number of carbonyl (C=O) groups excluding carboxylic acids is 6. The maximum absolute atomic E-state index is 15.3. The number of anilines is 4. The van der Waals surface area contributed by atoms with Crippen LogP contribution in [0.15, 0.2) is 145 Å². The molecule has 2 atom stereocenters. The number of imide groups is 1. The Labute approximate surface area is 561 Å². The number of fused-ring (bicyclic) bond motifs is 1. The largest absolute Gasteiger partial charge is 0.444 e. The fourth-order valence-electron chi connectivity index (χ4n) is 11.6. The number of hydrogen-bond donors (Lipinski definition) is 5. The van der Waals surface area contributed by atoms with Crippen LogP contribution < -0.4 is 36.8 Å². The van der Waals surface area contributed by atoms with Gasteiger partial charge >= 0.3 is 12.2 Å². The number of piperidine rings is 2. The Kier molecular flexibility index (Phi) is 20.5. The van der Waals surface area contributed by atoms with E-state index >= 15 is 8.78 Å². The fourth-order valence-corrected chi connectivity index (χ4v) is 13.2. The highest BCUT2D eigenvalue weighted by atomic mass is 32.1. The number of alkyl carbamates (subject to hydrolysis) is 2. The van der Waals surface area contributed by atoms with E-state index in [1.54, 1.807) is 112 Å². The number of carbonyl (C=O) groups is 6. The number of benzene rings is 5. The van der Waals surface area contributed by atoms with Gasteiger partial charge in [-0.2, -0.15) is 10.2 Å². The minimum Gasteiger partial charge on any atom is -0.444 e. The van der Waals surface area contributed by atoms with Crippen LogP contribution in [-0.4, -0.2) is 120 Å². The molecule has 7 heterocycles. The molecule has 498 valence electrons. The van der Waals surface area contributed by atoms with Crippen LogP contribution in [0.5, 0.6) is 0 Å². The molecule has 6 N–H and O–H groups in total. The highest BCUT2D eigenvalue weighted by Gasteiger charge is 2.36. The first-order valence-corrected chi connectivity index (χ1v) is 33.2. The number of nitrogens with one attached hydrogen (secondary N) is 4. The van der Waals surface area contributed by atoms with E-state index in [1.165, 1.54) is 45.8 Å². The summed E-state index contributed by atoms with van der Waals surface area (Å²) in [5.74, 6) is -2.51. The number of rotatable bonds is 17. The second-order valence-corrected chi connectivity index (χ2v) is 27.2. The van der Waals surface area contributed by atoms with Crippen molar-refractivity contribution in [3.05, 3.63) is 201 Å². The van der Waals surface area contributed by atoms with E-state index in [2.05, 4.69) is 41.4 Å². The maximum atomic E-state index is 15.3. The van der Waals surface area contributed by atoms with E-state index in [1.807, 2.05) is 75.4 Å². The molecule has 0 aliphatic carbocycles. The minimum absolute atomic E-state index is 0.135.